The Morgan fingerprint density at radius 3 is 1.38 bits per heavy atom. The van der Waals surface area contributed by atoms with Crippen molar-refractivity contribution in [2.45, 2.75) is 26.3 Å². The zero-order valence-electron chi connectivity index (χ0n) is 5.33. The van der Waals surface area contributed by atoms with Crippen LogP contribution in [0.5, 0.6) is 0 Å². The van der Waals surface area contributed by atoms with Gasteiger partial charge in [0.05, 0.1) is 0 Å². The summed E-state index contributed by atoms with van der Waals surface area (Å²) in [7, 11) is 1.85. The molecule has 0 amide bonds. The van der Waals surface area contributed by atoms with Crippen molar-refractivity contribution in [1.82, 2.24) is 4.42 Å². The van der Waals surface area contributed by atoms with Crippen LogP contribution in [-0.4, -0.2) is 40.1 Å². The predicted octanol–water partition coefficient (Wildman–Crippen LogP) is 0.954. The Kier molecular flexibility index (Phi) is 5.79. The lowest BCUT2D eigenvalue weighted by molar-refractivity contribution is 0.307. The van der Waals surface area contributed by atoms with Gasteiger partial charge in [0.2, 0.25) is 0 Å². The topological polar surface area (TPSA) is 3.24 Å². The molecule has 48 valence electrons. The molecule has 0 aliphatic heterocycles. The van der Waals surface area contributed by atoms with E-state index in [2.05, 4.69) is 20.8 Å². The second-order valence-electron chi connectivity index (χ2n) is 2.65. The molecular formula is C5H14ClMgN. The fourth-order valence-corrected chi connectivity index (χ4v) is 0. The summed E-state index contributed by atoms with van der Waals surface area (Å²) in [5.41, 5.74) is 0.0988. The van der Waals surface area contributed by atoms with Gasteiger partial charge < -0.3 is 0 Å². The van der Waals surface area contributed by atoms with E-state index in [-0.39, 0.29) is 28.6 Å². The predicted molar refractivity (Wildman–Crippen MR) is 41.9 cm³/mol. The molecule has 0 radical (unpaired) electrons. The quantitative estimate of drug-likeness (QED) is 0.365. The van der Waals surface area contributed by atoms with E-state index in [0.29, 0.717) is 0 Å². The molecule has 0 aliphatic carbocycles. The van der Waals surface area contributed by atoms with Gasteiger partial charge in [0.1, 0.15) is 0 Å². The second kappa shape index (κ2) is 3.93. The molecule has 8 heavy (non-hydrogen) atoms. The number of halogens is 1. The SMILES string of the molecule is CN(Cl)C(C)(C)C.[MgH2]. The molecule has 1 nitrogen and oxygen atoms in total. The van der Waals surface area contributed by atoms with Gasteiger partial charge in [0.15, 0.2) is 0 Å². The third-order valence-corrected chi connectivity index (χ3v) is 1.43. The van der Waals surface area contributed by atoms with Gasteiger partial charge in [0, 0.05) is 12.6 Å². The summed E-state index contributed by atoms with van der Waals surface area (Å²) >= 11 is 5.59. The van der Waals surface area contributed by atoms with Crippen LogP contribution in [0.25, 0.3) is 0 Å². The molecule has 0 N–H and O–H groups in total. The van der Waals surface area contributed by atoms with Crippen molar-refractivity contribution in [3.63, 3.8) is 0 Å². The Labute approximate surface area is 72.6 Å². The zero-order chi connectivity index (χ0) is 6.08. The summed E-state index contributed by atoms with van der Waals surface area (Å²) < 4.78 is 1.66. The highest BCUT2D eigenvalue weighted by Crippen LogP contribution is 2.11. The molecule has 0 unspecified atom stereocenters. The highest BCUT2D eigenvalue weighted by atomic mass is 35.5. The normalized spacial score (nSPS) is 11.2. The molecular weight excluding hydrogens is 134 g/mol. The number of rotatable bonds is 0. The maximum Gasteiger partial charge on any atom is 0.316 e. The van der Waals surface area contributed by atoms with Crippen molar-refractivity contribution in [1.29, 1.82) is 0 Å². The van der Waals surface area contributed by atoms with Crippen molar-refractivity contribution >= 4 is 34.8 Å². The molecule has 0 saturated heterocycles. The summed E-state index contributed by atoms with van der Waals surface area (Å²) in [6.45, 7) is 6.17. The molecule has 0 spiro atoms. The van der Waals surface area contributed by atoms with Gasteiger partial charge in [-0.3, -0.25) is 0 Å². The molecule has 0 saturated carbocycles. The van der Waals surface area contributed by atoms with Gasteiger partial charge >= 0.3 is 23.1 Å². The second-order valence-corrected chi connectivity index (χ2v) is 3.16. The fraction of sp³-hybridized carbons (Fsp3) is 1.00. The van der Waals surface area contributed by atoms with Crippen molar-refractivity contribution in [2.75, 3.05) is 7.05 Å². The van der Waals surface area contributed by atoms with Gasteiger partial charge in [-0.2, -0.15) is 0 Å². The standard InChI is InChI=1S/C5H12ClN.Mg.2H/c1-5(2,3)7(4)6;;;/h1-4H3;;;. The zero-order valence-corrected chi connectivity index (χ0v) is 6.08. The van der Waals surface area contributed by atoms with Gasteiger partial charge in [-0.1, -0.05) is 0 Å². The highest BCUT2D eigenvalue weighted by Gasteiger charge is 2.13. The fourth-order valence-electron chi connectivity index (χ4n) is 0. The summed E-state index contributed by atoms with van der Waals surface area (Å²) in [5.74, 6) is 0. The minimum Gasteiger partial charge on any atom is -0.218 e. The molecule has 0 aromatic rings. The summed E-state index contributed by atoms with van der Waals surface area (Å²) in [5, 5.41) is 0. The molecule has 0 bridgehead atoms. The molecule has 0 aromatic heterocycles. The van der Waals surface area contributed by atoms with Gasteiger partial charge in [-0.25, -0.2) is 4.42 Å². The van der Waals surface area contributed by atoms with Gasteiger partial charge in [0.25, 0.3) is 0 Å². The first-order chi connectivity index (χ1) is 2.94. The van der Waals surface area contributed by atoms with Crippen LogP contribution in [0.4, 0.5) is 0 Å². The van der Waals surface area contributed by atoms with E-state index in [0.717, 1.165) is 0 Å². The van der Waals surface area contributed by atoms with Crippen molar-refractivity contribution in [2.24, 2.45) is 0 Å². The Morgan fingerprint density at radius 1 is 1.25 bits per heavy atom. The van der Waals surface area contributed by atoms with Crippen molar-refractivity contribution < 1.29 is 0 Å². The lowest BCUT2D eigenvalue weighted by Gasteiger charge is -2.23. The number of hydrogen-bond acceptors (Lipinski definition) is 1. The van der Waals surface area contributed by atoms with Crippen LogP contribution in [0.3, 0.4) is 0 Å². The van der Waals surface area contributed by atoms with Crippen LogP contribution in [0.2, 0.25) is 0 Å². The van der Waals surface area contributed by atoms with E-state index >= 15 is 0 Å². The molecule has 0 atom stereocenters. The Hall–Kier alpha value is 1.02. The lowest BCUT2D eigenvalue weighted by Crippen LogP contribution is -2.29. The summed E-state index contributed by atoms with van der Waals surface area (Å²) in [4.78, 5) is 0. The van der Waals surface area contributed by atoms with Crippen molar-refractivity contribution in [3.05, 3.63) is 0 Å². The van der Waals surface area contributed by atoms with Crippen LogP contribution < -0.4 is 0 Å². The van der Waals surface area contributed by atoms with Crippen LogP contribution in [0.1, 0.15) is 20.8 Å². The first-order valence-electron chi connectivity index (χ1n) is 2.34. The maximum absolute atomic E-state index is 5.59. The van der Waals surface area contributed by atoms with Gasteiger partial charge in [-0.15, -0.1) is 0 Å². The first-order valence-corrected chi connectivity index (χ1v) is 2.68. The average Bonchev–Trinajstić information content (AvgIpc) is 1.31. The third kappa shape index (κ3) is 5.16. The molecule has 3 heteroatoms. The van der Waals surface area contributed by atoms with E-state index in [1.54, 1.807) is 4.42 Å². The third-order valence-electron chi connectivity index (χ3n) is 0.924. The monoisotopic (exact) mass is 147 g/mol. The molecule has 0 rings (SSSR count). The van der Waals surface area contributed by atoms with E-state index in [1.807, 2.05) is 7.05 Å². The Morgan fingerprint density at radius 2 is 1.38 bits per heavy atom. The molecule has 0 fully saturated rings. The highest BCUT2D eigenvalue weighted by molar-refractivity contribution is 6.13. The van der Waals surface area contributed by atoms with Crippen LogP contribution >= 0.6 is 11.8 Å². The van der Waals surface area contributed by atoms with E-state index in [9.17, 15) is 0 Å². The summed E-state index contributed by atoms with van der Waals surface area (Å²) in [6.07, 6.45) is 0. The largest absolute Gasteiger partial charge is 0.316 e. The minimum absolute atomic E-state index is 0. The first kappa shape index (κ1) is 11.8. The molecule has 0 aromatic carbocycles. The lowest BCUT2D eigenvalue weighted by atomic mass is 10.1. The van der Waals surface area contributed by atoms with Crippen LogP contribution in [-0.2, 0) is 0 Å². The molecule has 0 aliphatic rings. The Balaban J connectivity index is 0. The van der Waals surface area contributed by atoms with Crippen molar-refractivity contribution in [3.8, 4) is 0 Å². The summed E-state index contributed by atoms with van der Waals surface area (Å²) in [6, 6.07) is 0. The molecule has 0 heterocycles. The maximum atomic E-state index is 5.59. The Bertz CT molecular complexity index is 57.9. The van der Waals surface area contributed by atoms with Crippen LogP contribution in [0.15, 0.2) is 0 Å². The van der Waals surface area contributed by atoms with E-state index < -0.39 is 0 Å². The van der Waals surface area contributed by atoms with Gasteiger partial charge in [-0.05, 0) is 32.5 Å². The van der Waals surface area contributed by atoms with E-state index in [1.165, 1.54) is 0 Å². The van der Waals surface area contributed by atoms with E-state index in [4.69, 9.17) is 11.8 Å². The minimum atomic E-state index is 0. The van der Waals surface area contributed by atoms with Crippen LogP contribution in [0, 0.1) is 0 Å². The average molecular weight is 148 g/mol. The number of hydrogen-bond donors (Lipinski definition) is 0. The number of nitrogens with zero attached hydrogens (tertiary/aromatic N) is 1. The smallest absolute Gasteiger partial charge is 0.218 e.